The Morgan fingerprint density at radius 3 is 1.48 bits per heavy atom. The second-order valence-electron chi connectivity index (χ2n) is 28.5. The molecule has 0 aliphatic carbocycles. The third-order valence-corrected chi connectivity index (χ3v) is 19.4. The van der Waals surface area contributed by atoms with Crippen molar-refractivity contribution in [3.8, 4) is 0 Å². The predicted octanol–water partition coefficient (Wildman–Crippen LogP) is 1.51. The summed E-state index contributed by atoms with van der Waals surface area (Å²) in [7, 11) is 0. The van der Waals surface area contributed by atoms with Gasteiger partial charge in [-0.15, -0.1) is 0 Å². The average molecular weight is 1560 g/mol. The van der Waals surface area contributed by atoms with Gasteiger partial charge in [-0.2, -0.15) is 0 Å². The van der Waals surface area contributed by atoms with E-state index in [9.17, 15) is 53.1 Å². The molecule has 0 saturated carbocycles. The number of hydrogen-bond acceptors (Lipinski definition) is 16. The number of nitrogens with one attached hydrogen (secondary N) is 12. The molecule has 13 amide bonds. The molecule has 112 heavy (non-hydrogen) atoms. The van der Waals surface area contributed by atoms with Crippen LogP contribution in [0.1, 0.15) is 93.2 Å². The standard InChI is InChI=1S/C80H102ClN17O14/c1-47(2)38-61(70(102)89-60(16-10-32-86-79(83)84)78(110)98-33-11-17-68(98)77(109)87-48(3)69(82)101)90-71(103)64(43-53-25-30-59(31-26-53)88-49(4)100)92-73(105)65(41-51-18-20-54(21-19-51)45-97-34-36-112-37-35-97)94-76(108)67(46-99)95-74(106)62(40-50-12-6-5-7-13-50)91-72(104)63(42-52-23-28-58(81)29-24-52)93-75(107)66(96-80(85)111)44-55-22-27-56-14-8-9-15-57(56)39-55/h5-9,12-15,18-31,39,47-48,60-68,99H,10-11,16-17,32-38,40-46H2,1-4H3,(H2,82,101)(H,87,109)(H,88,100)(H,89,102)(H,90,103)(H,91,104)(H,92,105)(H,93,107)(H,94,108)(H,95,106)(H4,83,84,86)(H3,85,96,111)/t48-,60+,61+,62-,63-,64-,65+,66-,67+,68+/m1/s1. The van der Waals surface area contributed by atoms with Crippen LogP contribution in [0.3, 0.4) is 0 Å². The number of anilines is 1. The molecule has 0 bridgehead atoms. The Kier molecular flexibility index (Phi) is 32.7. The summed E-state index contributed by atoms with van der Waals surface area (Å²) in [5.74, 6) is -9.41. The summed E-state index contributed by atoms with van der Waals surface area (Å²) < 4.78 is 5.55. The highest BCUT2D eigenvalue weighted by Gasteiger charge is 2.41. The molecular formula is C80H102ClN17O14. The third-order valence-electron chi connectivity index (χ3n) is 19.1. The SMILES string of the molecule is CC(=O)Nc1ccc(C[C@@H](NC(=O)[C@H](Cc2ccc(CN3CCOCC3)cc2)NC(=O)[C@H](CO)NC(=O)[C@@H](Cc2ccccc2)NC(=O)[C@@H](Cc2ccc(Cl)cc2)NC(=O)[C@@H](Cc2ccc3ccccc3c2)NC(N)=O)C(=O)N[C@@H](CC(C)C)C(=O)N[C@@H](CCCNC(=N)N)C(=O)N2CCC[C@H]2C(=O)N[C@H](C)C(N)=O)cc1. The number of aliphatic hydroxyl groups excluding tert-OH is 1. The molecule has 32 heteroatoms. The topological polar surface area (TPSA) is 475 Å². The van der Waals surface area contributed by atoms with Crippen molar-refractivity contribution in [2.45, 2.75) is 159 Å². The molecule has 598 valence electrons. The minimum absolute atomic E-state index is 0.00893. The van der Waals surface area contributed by atoms with Gasteiger partial charge in [0.2, 0.25) is 65.0 Å². The number of likely N-dealkylation sites (tertiary alicyclic amines) is 1. The number of morpholine rings is 1. The lowest BCUT2D eigenvalue weighted by Crippen LogP contribution is -2.62. The van der Waals surface area contributed by atoms with Gasteiger partial charge in [-0.05, 0) is 113 Å². The van der Waals surface area contributed by atoms with Crippen molar-refractivity contribution in [3.63, 3.8) is 0 Å². The summed E-state index contributed by atoms with van der Waals surface area (Å²) in [6.45, 7) is 8.61. The van der Waals surface area contributed by atoms with Crippen LogP contribution in [0.15, 0.2) is 146 Å². The number of primary amides is 2. The first-order chi connectivity index (χ1) is 53.6. The molecule has 0 spiro atoms. The number of carbonyl (C=O) groups is 12. The number of benzene rings is 6. The molecule has 8 rings (SSSR count). The minimum atomic E-state index is -1.83. The molecule has 6 aromatic carbocycles. The fourth-order valence-corrected chi connectivity index (χ4v) is 13.3. The molecular weight excluding hydrogens is 1460 g/mol. The van der Waals surface area contributed by atoms with Crippen LogP contribution in [0.4, 0.5) is 10.5 Å². The fourth-order valence-electron chi connectivity index (χ4n) is 13.2. The first-order valence-electron chi connectivity index (χ1n) is 37.4. The van der Waals surface area contributed by atoms with E-state index in [0.29, 0.717) is 77.8 Å². The first-order valence-corrected chi connectivity index (χ1v) is 37.7. The van der Waals surface area contributed by atoms with Gasteiger partial charge in [0.25, 0.3) is 0 Å². The van der Waals surface area contributed by atoms with Gasteiger partial charge in [0.15, 0.2) is 5.96 Å². The number of guanidine groups is 1. The maximum atomic E-state index is 15.4. The number of aliphatic hydroxyl groups is 1. The van der Waals surface area contributed by atoms with Gasteiger partial charge in [-0.1, -0.05) is 147 Å². The van der Waals surface area contributed by atoms with Gasteiger partial charge in [0.1, 0.15) is 60.4 Å². The van der Waals surface area contributed by atoms with Gasteiger partial charge in [0.05, 0.1) is 19.8 Å². The average Bonchev–Trinajstić information content (AvgIpc) is 1.59. The van der Waals surface area contributed by atoms with E-state index in [1.807, 2.05) is 48.5 Å². The molecule has 2 aliphatic rings. The normalized spacial score (nSPS) is 15.9. The Bertz CT molecular complexity index is 4270. The van der Waals surface area contributed by atoms with Crippen molar-refractivity contribution in [1.29, 1.82) is 5.41 Å². The number of rotatable bonds is 39. The van der Waals surface area contributed by atoms with Crippen molar-refractivity contribution >= 4 is 105 Å². The number of fused-ring (bicyclic) bond motifs is 1. The van der Waals surface area contributed by atoms with Gasteiger partial charge in [0, 0.05) is 82.5 Å². The van der Waals surface area contributed by atoms with Gasteiger partial charge >= 0.3 is 6.03 Å². The maximum absolute atomic E-state index is 15.4. The molecule has 2 aliphatic heterocycles. The van der Waals surface area contributed by atoms with Crippen molar-refractivity contribution in [2.24, 2.45) is 23.1 Å². The summed E-state index contributed by atoms with van der Waals surface area (Å²) >= 11 is 6.27. The van der Waals surface area contributed by atoms with E-state index in [4.69, 9.17) is 38.9 Å². The molecule has 2 saturated heterocycles. The van der Waals surface area contributed by atoms with E-state index in [-0.39, 0.29) is 88.7 Å². The van der Waals surface area contributed by atoms with Crippen LogP contribution in [-0.4, -0.2) is 198 Å². The zero-order valence-electron chi connectivity index (χ0n) is 63.2. The summed E-state index contributed by atoms with van der Waals surface area (Å²) in [5.41, 5.74) is 20.7. The number of nitrogens with zero attached hydrogens (tertiary/aromatic N) is 2. The lowest BCUT2D eigenvalue weighted by atomic mass is 9.99. The van der Waals surface area contributed by atoms with Crippen LogP contribution < -0.4 is 75.7 Å². The van der Waals surface area contributed by atoms with Crippen LogP contribution in [0, 0.1) is 11.3 Å². The quantitative estimate of drug-likeness (QED) is 0.0148. The van der Waals surface area contributed by atoms with Gasteiger partial charge < -0.3 is 90.4 Å². The van der Waals surface area contributed by atoms with Crippen LogP contribution in [-0.2, 0) is 96.1 Å². The molecule has 0 unspecified atom stereocenters. The second kappa shape index (κ2) is 42.6. The smallest absolute Gasteiger partial charge is 0.312 e. The van der Waals surface area contributed by atoms with Crippen LogP contribution in [0.2, 0.25) is 5.02 Å². The van der Waals surface area contributed by atoms with E-state index in [1.54, 1.807) is 111 Å². The summed E-state index contributed by atoms with van der Waals surface area (Å²) in [4.78, 5) is 173. The maximum Gasteiger partial charge on any atom is 0.312 e. The highest BCUT2D eigenvalue weighted by Crippen LogP contribution is 2.23. The Hall–Kier alpha value is -11.5. The van der Waals surface area contributed by atoms with E-state index in [0.717, 1.165) is 16.3 Å². The molecule has 2 fully saturated rings. The number of nitrogens with two attached hydrogens (primary N) is 3. The second-order valence-corrected chi connectivity index (χ2v) is 28.9. The number of hydrogen-bond donors (Lipinski definition) is 16. The van der Waals surface area contributed by atoms with Crippen molar-refractivity contribution in [2.75, 3.05) is 51.3 Å². The third kappa shape index (κ3) is 27.2. The molecule has 0 aromatic heterocycles. The Labute approximate surface area is 655 Å². The van der Waals surface area contributed by atoms with Crippen LogP contribution in [0.5, 0.6) is 0 Å². The van der Waals surface area contributed by atoms with Gasteiger partial charge in [-0.3, -0.25) is 63.0 Å². The van der Waals surface area contributed by atoms with Gasteiger partial charge in [-0.25, -0.2) is 4.79 Å². The van der Waals surface area contributed by atoms with Crippen LogP contribution in [0.25, 0.3) is 10.8 Å². The lowest BCUT2D eigenvalue weighted by Gasteiger charge is -2.31. The number of amides is 13. The monoisotopic (exact) mass is 1560 g/mol. The van der Waals surface area contributed by atoms with Crippen molar-refractivity contribution in [1.82, 2.24) is 63.0 Å². The lowest BCUT2D eigenvalue weighted by molar-refractivity contribution is -0.142. The van der Waals surface area contributed by atoms with E-state index >= 15 is 9.59 Å². The first kappa shape index (κ1) is 86.1. The molecule has 2 heterocycles. The highest BCUT2D eigenvalue weighted by atomic mass is 35.5. The summed E-state index contributed by atoms with van der Waals surface area (Å²) in [6.07, 6.45) is -0.0959. The Morgan fingerprint density at radius 2 is 0.964 bits per heavy atom. The number of urea groups is 1. The molecule has 19 N–H and O–H groups in total. The minimum Gasteiger partial charge on any atom is -0.394 e. The summed E-state index contributed by atoms with van der Waals surface area (Å²) in [6, 6.07) is 26.7. The Balaban J connectivity index is 1.08. The highest BCUT2D eigenvalue weighted by molar-refractivity contribution is 6.30. The zero-order valence-corrected chi connectivity index (χ0v) is 63.9. The number of carbonyl (C=O) groups excluding carboxylic acids is 12. The molecule has 6 aromatic rings. The Morgan fingerprint density at radius 1 is 0.518 bits per heavy atom. The fraction of sp³-hybridized carbons (Fsp3) is 0.412. The molecule has 31 nitrogen and oxygen atoms in total. The largest absolute Gasteiger partial charge is 0.394 e. The molecule has 0 radical (unpaired) electrons. The summed E-state index contributed by atoms with van der Waals surface area (Å²) in [5, 5.41) is 50.6. The van der Waals surface area contributed by atoms with Crippen molar-refractivity contribution < 1.29 is 67.4 Å². The number of ether oxygens (including phenoxy) is 1. The van der Waals surface area contributed by atoms with E-state index in [2.05, 4.69) is 63.4 Å². The van der Waals surface area contributed by atoms with E-state index in [1.165, 1.54) is 18.7 Å². The zero-order chi connectivity index (χ0) is 81.0. The number of halogens is 1. The van der Waals surface area contributed by atoms with E-state index < -0.39 is 132 Å². The molecule has 10 atom stereocenters. The van der Waals surface area contributed by atoms with Crippen LogP contribution >= 0.6 is 11.6 Å². The predicted molar refractivity (Wildman–Crippen MR) is 421 cm³/mol. The van der Waals surface area contributed by atoms with Crippen molar-refractivity contribution in [3.05, 3.63) is 184 Å².